The van der Waals surface area contributed by atoms with Crippen molar-refractivity contribution in [2.45, 2.75) is 80.8 Å². The van der Waals surface area contributed by atoms with Gasteiger partial charge >= 0.3 is 12.8 Å². The Balaban J connectivity index is 0.000000152. The first-order valence-corrected chi connectivity index (χ1v) is 32.4. The molecule has 20 nitrogen and oxygen atoms in total. The lowest BCUT2D eigenvalue weighted by Crippen LogP contribution is -2.53. The summed E-state index contributed by atoms with van der Waals surface area (Å²) in [6.45, 7) is 8.18. The molecule has 2 aromatic carbocycles. The first-order chi connectivity index (χ1) is 43.8. The number of aliphatic imine (C=N–C) groups is 3. The van der Waals surface area contributed by atoms with Crippen molar-refractivity contribution >= 4 is 114 Å². The Morgan fingerprint density at radius 3 is 1.59 bits per heavy atom. The number of rotatable bonds is 11. The van der Waals surface area contributed by atoms with E-state index in [0.29, 0.717) is 50.5 Å². The Morgan fingerprint density at radius 1 is 0.641 bits per heavy atom. The van der Waals surface area contributed by atoms with Crippen molar-refractivity contribution in [2.75, 3.05) is 53.0 Å². The van der Waals surface area contributed by atoms with Gasteiger partial charge in [-0.3, -0.25) is 19.4 Å². The van der Waals surface area contributed by atoms with E-state index in [1.54, 1.807) is 47.4 Å². The van der Waals surface area contributed by atoms with Crippen LogP contribution >= 0.6 is 58.2 Å². The number of benzene rings is 2. The fourth-order valence-electron chi connectivity index (χ4n) is 11.3. The maximum Gasteiger partial charge on any atom is 0.414 e. The van der Waals surface area contributed by atoms with Crippen molar-refractivity contribution in [1.29, 1.82) is 0 Å². The van der Waals surface area contributed by atoms with Gasteiger partial charge in [-0.1, -0.05) is 53.0 Å². The van der Waals surface area contributed by atoms with Crippen molar-refractivity contribution < 1.29 is 64.1 Å². The molecule has 12 rings (SSSR count). The molecule has 3 amide bonds. The first-order valence-electron chi connectivity index (χ1n) is 28.2. The third kappa shape index (κ3) is 15.2. The van der Waals surface area contributed by atoms with Crippen LogP contribution < -0.4 is 37.9 Å². The topological polar surface area (TPSA) is 282 Å². The minimum atomic E-state index is -4.58. The summed E-state index contributed by atoms with van der Waals surface area (Å²) in [4.78, 5) is 67.4. The van der Waals surface area contributed by atoms with Gasteiger partial charge in [0.2, 0.25) is 5.69 Å². The Bertz CT molecular complexity index is 3850. The largest absolute Gasteiger partial charge is 0.433 e. The van der Waals surface area contributed by atoms with Gasteiger partial charge in [0.1, 0.15) is 51.1 Å². The fraction of sp³-hybridized carbons (Fsp3) is 0.367. The van der Waals surface area contributed by atoms with Crippen LogP contribution in [0.5, 0.6) is 5.75 Å². The van der Waals surface area contributed by atoms with Crippen molar-refractivity contribution in [3.8, 4) is 5.75 Å². The minimum absolute atomic E-state index is 0.0715. The molecule has 3 fully saturated rings. The van der Waals surface area contributed by atoms with E-state index in [4.69, 9.17) is 54.6 Å². The number of fused-ring (bicyclic) bond motifs is 3. The number of amides is 3. The zero-order chi connectivity index (χ0) is 65.7. The van der Waals surface area contributed by atoms with Crippen LogP contribution in [-0.4, -0.2) is 116 Å². The molecular weight excluding hydrogens is 1310 g/mol. The second-order valence-corrected chi connectivity index (χ2v) is 26.5. The molecule has 6 aliphatic rings. The van der Waals surface area contributed by atoms with Gasteiger partial charge in [0.25, 0.3) is 17.7 Å². The maximum absolute atomic E-state index is 15.0. The molecular formula is C60H57ClF7N13O7S4. The van der Waals surface area contributed by atoms with Crippen LogP contribution in [0.4, 0.5) is 53.5 Å². The summed E-state index contributed by atoms with van der Waals surface area (Å²) in [5, 5.41) is 11.5. The normalized spacial score (nSPS) is 25.7. The third-order valence-electron chi connectivity index (χ3n) is 16.0. The fourth-order valence-corrected chi connectivity index (χ4v) is 15.5. The molecule has 6 aliphatic heterocycles. The number of nitrogens with two attached hydrogens (primary N) is 3. The van der Waals surface area contributed by atoms with Crippen LogP contribution in [0, 0.1) is 36.0 Å². The summed E-state index contributed by atoms with van der Waals surface area (Å²) in [5.41, 5.74) is 17.3. The number of nitrogens with zero attached hydrogens (tertiary/aromatic N) is 7. The second-order valence-electron chi connectivity index (χ2n) is 22.0. The summed E-state index contributed by atoms with van der Waals surface area (Å²) in [7, 11) is 0. The van der Waals surface area contributed by atoms with E-state index in [1.165, 1.54) is 54.5 Å². The predicted octanol–water partition coefficient (Wildman–Crippen LogP) is 11.7. The highest BCUT2D eigenvalue weighted by Gasteiger charge is 2.55. The number of anilines is 3. The van der Waals surface area contributed by atoms with E-state index in [2.05, 4.69) is 57.4 Å². The monoisotopic (exact) mass is 1370 g/mol. The SMILES string of the molecule is C[C@H]1C[C@H]2CSC(N)=N[C@@]2(c2cc(NC(=O)c3ccc(Cl)cn3)ccc2F)CO1.NC1=N[C@@]2(c3cc(NC(=O)c4ccc(OC(F)F)cn4)ccc3F)CO[C@@H](C(F)(F)F)C[C@H]2CS1.[C-]#[N+]c1ccc(C(=O)Nc2csc([C@]34CO[C@@H](C)C[C@H]3CSC(N)=N4)c2)nc1. The number of halogens is 8. The molecule has 9 N–H and O–H groups in total. The van der Waals surface area contributed by atoms with E-state index >= 15 is 0 Å². The van der Waals surface area contributed by atoms with Crippen molar-refractivity contribution in [3.63, 3.8) is 0 Å². The Hall–Kier alpha value is -7.57. The molecule has 0 unspecified atom stereocenters. The van der Waals surface area contributed by atoms with Crippen LogP contribution in [-0.2, 0) is 30.8 Å². The van der Waals surface area contributed by atoms with E-state index in [1.807, 2.05) is 18.4 Å². The van der Waals surface area contributed by atoms with Crippen molar-refractivity contribution in [1.82, 2.24) is 15.0 Å². The van der Waals surface area contributed by atoms with E-state index in [9.17, 15) is 45.1 Å². The van der Waals surface area contributed by atoms with Gasteiger partial charge in [0.05, 0.1) is 55.5 Å². The highest BCUT2D eigenvalue weighted by atomic mass is 35.5. The molecule has 3 saturated heterocycles. The Kier molecular flexibility index (Phi) is 20.7. The number of aromatic nitrogens is 3. The summed E-state index contributed by atoms with van der Waals surface area (Å²) in [6, 6.07) is 18.5. The molecule has 0 bridgehead atoms. The van der Waals surface area contributed by atoms with Crippen molar-refractivity contribution in [3.05, 3.63) is 164 Å². The zero-order valence-corrected chi connectivity index (χ0v) is 52.6. The first kappa shape index (κ1) is 67.3. The average molecular weight is 1370 g/mol. The highest BCUT2D eigenvalue weighted by molar-refractivity contribution is 8.14. The van der Waals surface area contributed by atoms with E-state index < -0.39 is 77.9 Å². The summed E-state index contributed by atoms with van der Waals surface area (Å²) < 4.78 is 115. The Labute approximate surface area is 543 Å². The quantitative estimate of drug-likeness (QED) is 0.0519. The number of pyridine rings is 3. The van der Waals surface area contributed by atoms with Gasteiger partial charge in [-0.15, -0.1) is 11.3 Å². The predicted molar refractivity (Wildman–Crippen MR) is 340 cm³/mol. The van der Waals surface area contributed by atoms with Crippen LogP contribution in [0.2, 0.25) is 5.02 Å². The summed E-state index contributed by atoms with van der Waals surface area (Å²) in [5.74, 6) is -1.33. The smallest absolute Gasteiger partial charge is 0.414 e. The zero-order valence-electron chi connectivity index (χ0n) is 48.6. The molecule has 9 atom stereocenters. The van der Waals surface area contributed by atoms with E-state index in [-0.39, 0.29) is 75.6 Å². The molecule has 4 aromatic heterocycles. The number of hydrogen-bond donors (Lipinski definition) is 6. The molecule has 0 saturated carbocycles. The number of amidine groups is 3. The summed E-state index contributed by atoms with van der Waals surface area (Å²) in [6.07, 6.45) is -1.33. The standard InChI is InChI=1S/C21H18F6N4O3S.C20H20ClFN4O2S.C19H19N5O2S2/c22-14-3-1-11(30-17(32)15-4-2-12(7-29-15)34-18(23)24)6-13(14)20-9-33-16(21(25,26)27)5-10(20)8-35-19(28)31-20;1-11-6-12-9-29-19(23)26-20(12,10-28-11)15-7-14(3-4-16(15)22)25-18(27)17-5-2-13(21)8-24-17;1-11-5-12-8-28-18(20)24-19(12,10-26-11)16-6-14(9-27-16)23-17(25)15-4-3-13(21-2)7-22-15/h1-4,6-7,10,16,18H,5,8-9H2,(H2,28,31)(H,30,32);2-5,7-8,11-12H,6,9-10H2,1H3,(H2,23,26)(H,25,27);3-4,6-7,9,11-12H,5,8,10H2,1H3,(H2,20,24)(H,23,25)/t10-,16+,20-;11-,12-,20-;11-,12-,19-/m000/s1. The lowest BCUT2D eigenvalue weighted by Gasteiger charge is -2.46. The molecule has 0 radical (unpaired) electrons. The van der Waals surface area contributed by atoms with Crippen LogP contribution in [0.15, 0.2) is 118 Å². The number of thioether (sulfide) groups is 3. The van der Waals surface area contributed by atoms with E-state index in [0.717, 1.165) is 65.4 Å². The summed E-state index contributed by atoms with van der Waals surface area (Å²) >= 11 is 11.5. The molecule has 484 valence electrons. The minimum Gasteiger partial charge on any atom is -0.433 e. The number of alkyl halides is 5. The molecule has 10 heterocycles. The Morgan fingerprint density at radius 2 is 1.11 bits per heavy atom. The lowest BCUT2D eigenvalue weighted by molar-refractivity contribution is -0.245. The molecule has 0 aliphatic carbocycles. The van der Waals surface area contributed by atoms with Gasteiger partial charge in [-0.25, -0.2) is 38.6 Å². The van der Waals surface area contributed by atoms with Gasteiger partial charge in [-0.05, 0) is 106 Å². The molecule has 6 aromatic rings. The highest BCUT2D eigenvalue weighted by Crippen LogP contribution is 2.51. The number of nitrogens with one attached hydrogen (secondary N) is 3. The second kappa shape index (κ2) is 28.3. The van der Waals surface area contributed by atoms with Crippen molar-refractivity contribution in [2.24, 2.45) is 49.9 Å². The molecule has 32 heteroatoms. The molecule has 92 heavy (non-hydrogen) atoms. The molecule has 0 spiro atoms. The number of ether oxygens (including phenoxy) is 4. The van der Waals surface area contributed by atoms with Gasteiger partial charge < -0.3 is 52.1 Å². The number of hydrogen-bond acceptors (Lipinski definition) is 20. The third-order valence-corrected chi connectivity index (χ3v) is 20.1. The maximum atomic E-state index is 15.0. The van der Waals surface area contributed by atoms with Crippen LogP contribution in [0.25, 0.3) is 4.85 Å². The van der Waals surface area contributed by atoms with Gasteiger partial charge in [-0.2, -0.15) is 22.0 Å². The average Bonchev–Trinajstić information content (AvgIpc) is 0.777. The van der Waals surface area contributed by atoms with Crippen LogP contribution in [0.3, 0.4) is 0 Å². The number of carbonyl (C=O) groups excluding carboxylic acids is 3. The number of carbonyl (C=O) groups is 3. The van der Waals surface area contributed by atoms with Gasteiger partial charge in [0.15, 0.2) is 21.6 Å². The van der Waals surface area contributed by atoms with Gasteiger partial charge in [0, 0.05) is 80.2 Å². The number of thiophene rings is 1. The lowest BCUT2D eigenvalue weighted by atomic mass is 9.74. The van der Waals surface area contributed by atoms with Crippen LogP contribution in [0.1, 0.15) is 80.6 Å².